The normalized spacial score (nSPS) is 17.4. The molecule has 1 aliphatic heterocycles. The molecule has 1 saturated heterocycles. The van der Waals surface area contributed by atoms with Gasteiger partial charge in [0, 0.05) is 24.5 Å². The van der Waals surface area contributed by atoms with Crippen LogP contribution >= 0.6 is 0 Å². The Balaban J connectivity index is 1.39. The highest BCUT2D eigenvalue weighted by molar-refractivity contribution is 5.90. The van der Waals surface area contributed by atoms with Gasteiger partial charge < -0.3 is 25.0 Å². The van der Waals surface area contributed by atoms with Gasteiger partial charge >= 0.3 is 6.03 Å². The number of hydrogen-bond acceptors (Lipinski definition) is 4. The molecule has 1 aliphatic carbocycles. The molecular weight excluding hydrogens is 366 g/mol. The SMILES string of the molecule is COc1ccc(C2(NC(=O)Nc3ccc(N4CCCCC4)cc3)CC2)cc1OC. The number of amides is 2. The lowest BCUT2D eigenvalue weighted by molar-refractivity contribution is 0.247. The van der Waals surface area contributed by atoms with Crippen LogP contribution in [0.3, 0.4) is 0 Å². The minimum atomic E-state index is -0.336. The molecule has 2 aromatic rings. The van der Waals surface area contributed by atoms with Crippen LogP contribution in [0.2, 0.25) is 0 Å². The molecule has 2 aromatic carbocycles. The second-order valence-electron chi connectivity index (χ2n) is 7.83. The predicted octanol–water partition coefficient (Wildman–Crippen LogP) is 4.50. The summed E-state index contributed by atoms with van der Waals surface area (Å²) in [6.07, 6.45) is 5.63. The van der Waals surface area contributed by atoms with Gasteiger partial charge in [0.1, 0.15) is 0 Å². The third kappa shape index (κ3) is 4.26. The zero-order chi connectivity index (χ0) is 20.3. The number of carbonyl (C=O) groups excluding carboxylic acids is 1. The summed E-state index contributed by atoms with van der Waals surface area (Å²) in [5, 5.41) is 6.11. The number of nitrogens with zero attached hydrogens (tertiary/aromatic N) is 1. The second-order valence-corrected chi connectivity index (χ2v) is 7.83. The smallest absolute Gasteiger partial charge is 0.319 e. The molecule has 0 radical (unpaired) electrons. The topological polar surface area (TPSA) is 62.8 Å². The van der Waals surface area contributed by atoms with E-state index < -0.39 is 0 Å². The Kier molecular flexibility index (Phi) is 5.51. The molecule has 4 rings (SSSR count). The van der Waals surface area contributed by atoms with Crippen molar-refractivity contribution in [1.82, 2.24) is 5.32 Å². The zero-order valence-electron chi connectivity index (χ0n) is 17.2. The van der Waals surface area contributed by atoms with E-state index in [2.05, 4.69) is 27.7 Å². The van der Waals surface area contributed by atoms with Gasteiger partial charge in [0.05, 0.1) is 19.8 Å². The van der Waals surface area contributed by atoms with E-state index in [4.69, 9.17) is 9.47 Å². The van der Waals surface area contributed by atoms with Gasteiger partial charge in [-0.2, -0.15) is 0 Å². The van der Waals surface area contributed by atoms with Crippen LogP contribution in [0, 0.1) is 0 Å². The van der Waals surface area contributed by atoms with E-state index in [1.54, 1.807) is 14.2 Å². The van der Waals surface area contributed by atoms with Crippen LogP contribution < -0.4 is 25.0 Å². The summed E-state index contributed by atoms with van der Waals surface area (Å²) in [6, 6.07) is 13.7. The van der Waals surface area contributed by atoms with Crippen molar-refractivity contribution in [1.29, 1.82) is 0 Å². The molecule has 0 unspecified atom stereocenters. The number of hydrogen-bond donors (Lipinski definition) is 2. The molecule has 2 fully saturated rings. The van der Waals surface area contributed by atoms with Crippen LogP contribution in [0.4, 0.5) is 16.2 Å². The first-order chi connectivity index (χ1) is 14.1. The van der Waals surface area contributed by atoms with Gasteiger partial charge in [-0.3, -0.25) is 0 Å². The molecule has 0 spiro atoms. The number of piperidine rings is 1. The van der Waals surface area contributed by atoms with Gasteiger partial charge in [-0.25, -0.2) is 4.79 Å². The number of anilines is 2. The van der Waals surface area contributed by atoms with Crippen molar-refractivity contribution in [3.8, 4) is 11.5 Å². The molecule has 29 heavy (non-hydrogen) atoms. The Labute approximate surface area is 172 Å². The van der Waals surface area contributed by atoms with Crippen LogP contribution in [0.5, 0.6) is 11.5 Å². The average molecular weight is 396 g/mol. The van der Waals surface area contributed by atoms with Crippen LogP contribution in [-0.2, 0) is 5.54 Å². The van der Waals surface area contributed by atoms with Crippen molar-refractivity contribution in [2.45, 2.75) is 37.6 Å². The minimum Gasteiger partial charge on any atom is -0.493 e. The fourth-order valence-electron chi connectivity index (χ4n) is 4.03. The van der Waals surface area contributed by atoms with E-state index in [9.17, 15) is 4.79 Å². The number of nitrogens with one attached hydrogen (secondary N) is 2. The van der Waals surface area contributed by atoms with Gasteiger partial charge in [-0.15, -0.1) is 0 Å². The zero-order valence-corrected chi connectivity index (χ0v) is 17.2. The molecule has 154 valence electrons. The summed E-state index contributed by atoms with van der Waals surface area (Å²) in [4.78, 5) is 15.0. The molecule has 1 heterocycles. The highest BCUT2D eigenvalue weighted by atomic mass is 16.5. The summed E-state index contributed by atoms with van der Waals surface area (Å²) < 4.78 is 10.7. The summed E-state index contributed by atoms with van der Waals surface area (Å²) in [7, 11) is 3.24. The maximum absolute atomic E-state index is 12.6. The number of urea groups is 1. The molecule has 2 amide bonds. The number of ether oxygens (including phenoxy) is 2. The monoisotopic (exact) mass is 395 g/mol. The van der Waals surface area contributed by atoms with Gasteiger partial charge in [0.25, 0.3) is 0 Å². The van der Waals surface area contributed by atoms with Gasteiger partial charge in [-0.1, -0.05) is 6.07 Å². The van der Waals surface area contributed by atoms with Gasteiger partial charge in [0.15, 0.2) is 11.5 Å². The van der Waals surface area contributed by atoms with Crippen LogP contribution in [0.15, 0.2) is 42.5 Å². The summed E-state index contributed by atoms with van der Waals surface area (Å²) in [6.45, 7) is 2.22. The fourth-order valence-corrected chi connectivity index (χ4v) is 4.03. The molecule has 1 saturated carbocycles. The van der Waals surface area contributed by atoms with E-state index in [0.717, 1.165) is 37.2 Å². The van der Waals surface area contributed by atoms with Crippen LogP contribution in [-0.4, -0.2) is 33.3 Å². The lowest BCUT2D eigenvalue weighted by Gasteiger charge is -2.28. The summed E-state index contributed by atoms with van der Waals surface area (Å²) in [5.74, 6) is 1.36. The van der Waals surface area contributed by atoms with E-state index in [1.165, 1.54) is 24.9 Å². The quantitative estimate of drug-likeness (QED) is 0.756. The lowest BCUT2D eigenvalue weighted by Crippen LogP contribution is -2.38. The van der Waals surface area contributed by atoms with Crippen molar-refractivity contribution in [2.24, 2.45) is 0 Å². The fraction of sp³-hybridized carbons (Fsp3) is 0.435. The molecule has 6 nitrogen and oxygen atoms in total. The van der Waals surface area contributed by atoms with E-state index in [0.29, 0.717) is 11.5 Å². The Morgan fingerprint density at radius 3 is 2.24 bits per heavy atom. The standard InChI is InChI=1S/C23H29N3O3/c1-28-20-11-6-17(16-21(20)29-2)23(12-13-23)25-22(27)24-18-7-9-19(10-8-18)26-14-4-3-5-15-26/h6-11,16H,3-5,12-15H2,1-2H3,(H2,24,25,27). The number of methoxy groups -OCH3 is 2. The van der Waals surface area contributed by atoms with E-state index >= 15 is 0 Å². The average Bonchev–Trinajstić information content (AvgIpc) is 3.54. The van der Waals surface area contributed by atoms with Crippen molar-refractivity contribution >= 4 is 17.4 Å². The van der Waals surface area contributed by atoms with E-state index in [-0.39, 0.29) is 11.6 Å². The van der Waals surface area contributed by atoms with Gasteiger partial charge in [0.2, 0.25) is 0 Å². The molecule has 0 aromatic heterocycles. The molecule has 2 N–H and O–H groups in total. The van der Waals surface area contributed by atoms with Crippen molar-refractivity contribution < 1.29 is 14.3 Å². The summed E-state index contributed by atoms with van der Waals surface area (Å²) >= 11 is 0. The Morgan fingerprint density at radius 2 is 1.62 bits per heavy atom. The van der Waals surface area contributed by atoms with Crippen LogP contribution in [0.1, 0.15) is 37.7 Å². The predicted molar refractivity (Wildman–Crippen MR) is 115 cm³/mol. The molecule has 0 bridgehead atoms. The number of rotatable bonds is 6. The molecule has 6 heteroatoms. The van der Waals surface area contributed by atoms with E-state index in [1.807, 2.05) is 30.3 Å². The highest BCUT2D eigenvalue weighted by Crippen LogP contribution is 2.47. The minimum absolute atomic E-state index is 0.192. The third-order valence-corrected chi connectivity index (χ3v) is 5.89. The van der Waals surface area contributed by atoms with Gasteiger partial charge in [-0.05, 0) is 74.1 Å². The second kappa shape index (κ2) is 8.23. The van der Waals surface area contributed by atoms with Crippen molar-refractivity contribution in [3.05, 3.63) is 48.0 Å². The Morgan fingerprint density at radius 1 is 0.931 bits per heavy atom. The Bertz CT molecular complexity index is 856. The lowest BCUT2D eigenvalue weighted by atomic mass is 10.0. The maximum atomic E-state index is 12.6. The Hall–Kier alpha value is -2.89. The third-order valence-electron chi connectivity index (χ3n) is 5.89. The maximum Gasteiger partial charge on any atom is 0.319 e. The van der Waals surface area contributed by atoms with Crippen molar-refractivity contribution in [3.63, 3.8) is 0 Å². The largest absolute Gasteiger partial charge is 0.493 e. The first kappa shape index (κ1) is 19.4. The first-order valence-corrected chi connectivity index (χ1v) is 10.3. The number of benzene rings is 2. The van der Waals surface area contributed by atoms with Crippen LogP contribution in [0.25, 0.3) is 0 Å². The number of carbonyl (C=O) groups is 1. The molecule has 2 aliphatic rings. The molecular formula is C23H29N3O3. The first-order valence-electron chi connectivity index (χ1n) is 10.3. The summed E-state index contributed by atoms with van der Waals surface area (Å²) in [5.41, 5.74) is 2.72. The highest BCUT2D eigenvalue weighted by Gasteiger charge is 2.46. The van der Waals surface area contributed by atoms with Crippen molar-refractivity contribution in [2.75, 3.05) is 37.5 Å². The molecule has 0 atom stereocenters.